The minimum Gasteiger partial charge on any atom is -0.468 e. The van der Waals surface area contributed by atoms with Crippen molar-refractivity contribution in [3.63, 3.8) is 0 Å². The second-order valence-corrected chi connectivity index (χ2v) is 5.38. The molecule has 0 radical (unpaired) electrons. The van der Waals surface area contributed by atoms with Crippen LogP contribution in [0.4, 0.5) is 0 Å². The van der Waals surface area contributed by atoms with Crippen molar-refractivity contribution in [2.45, 2.75) is 12.6 Å². The van der Waals surface area contributed by atoms with Gasteiger partial charge < -0.3 is 15.2 Å². The Morgan fingerprint density at radius 2 is 1.73 bits per heavy atom. The van der Waals surface area contributed by atoms with Crippen LogP contribution in [0.3, 0.4) is 0 Å². The van der Waals surface area contributed by atoms with E-state index >= 15 is 0 Å². The van der Waals surface area contributed by atoms with Gasteiger partial charge in [0.1, 0.15) is 12.6 Å². The van der Waals surface area contributed by atoms with Crippen molar-refractivity contribution in [1.29, 1.82) is 0 Å². The molecule has 6 nitrogen and oxygen atoms in total. The zero-order valence-corrected chi connectivity index (χ0v) is 15.3. The molecular weight excluding hydrogens is 356 g/mol. The standard InChI is InChI=1S/C19H22N2O4.ClH/c1-24-19(23)17(21-12-11-20)15-7-9-16(10-8-15)18(22)25-13-14-5-3-2-4-6-14;/h2-10,17,21H,11-13,20H2,1H3;1H/t17-;/m1./s1. The number of hydrogen-bond acceptors (Lipinski definition) is 6. The van der Waals surface area contributed by atoms with E-state index < -0.39 is 18.0 Å². The van der Waals surface area contributed by atoms with E-state index in [0.29, 0.717) is 24.2 Å². The van der Waals surface area contributed by atoms with E-state index in [1.165, 1.54) is 7.11 Å². The van der Waals surface area contributed by atoms with Gasteiger partial charge in [-0.25, -0.2) is 9.59 Å². The molecule has 0 spiro atoms. The van der Waals surface area contributed by atoms with Gasteiger partial charge in [-0.1, -0.05) is 42.5 Å². The van der Waals surface area contributed by atoms with Gasteiger partial charge >= 0.3 is 11.9 Å². The molecule has 3 N–H and O–H groups in total. The van der Waals surface area contributed by atoms with Crippen molar-refractivity contribution in [2.75, 3.05) is 20.2 Å². The van der Waals surface area contributed by atoms with Crippen LogP contribution in [0.1, 0.15) is 27.5 Å². The Labute approximate surface area is 159 Å². The lowest BCUT2D eigenvalue weighted by Crippen LogP contribution is -2.33. The van der Waals surface area contributed by atoms with Gasteiger partial charge in [-0.05, 0) is 23.3 Å². The van der Waals surface area contributed by atoms with Crippen LogP contribution in [0.25, 0.3) is 0 Å². The Balaban J connectivity index is 0.00000338. The summed E-state index contributed by atoms with van der Waals surface area (Å²) in [5.74, 6) is -0.826. The zero-order chi connectivity index (χ0) is 18.1. The highest BCUT2D eigenvalue weighted by Gasteiger charge is 2.20. The molecule has 7 heteroatoms. The number of carbonyl (C=O) groups excluding carboxylic acids is 2. The van der Waals surface area contributed by atoms with Crippen LogP contribution >= 0.6 is 12.4 Å². The van der Waals surface area contributed by atoms with E-state index in [4.69, 9.17) is 15.2 Å². The van der Waals surface area contributed by atoms with Crippen LogP contribution in [-0.2, 0) is 20.9 Å². The Morgan fingerprint density at radius 1 is 1.08 bits per heavy atom. The Morgan fingerprint density at radius 3 is 2.31 bits per heavy atom. The third kappa shape index (κ3) is 6.15. The number of ether oxygens (including phenoxy) is 2. The smallest absolute Gasteiger partial charge is 0.338 e. The van der Waals surface area contributed by atoms with Gasteiger partial charge in [0, 0.05) is 13.1 Å². The van der Waals surface area contributed by atoms with Gasteiger partial charge in [0.2, 0.25) is 0 Å². The fourth-order valence-corrected chi connectivity index (χ4v) is 2.30. The van der Waals surface area contributed by atoms with E-state index in [2.05, 4.69) is 5.32 Å². The van der Waals surface area contributed by atoms with Gasteiger partial charge in [0.15, 0.2) is 0 Å². The fourth-order valence-electron chi connectivity index (χ4n) is 2.30. The first kappa shape index (κ1) is 21.6. The summed E-state index contributed by atoms with van der Waals surface area (Å²) in [5.41, 5.74) is 7.50. The average Bonchev–Trinajstić information content (AvgIpc) is 2.67. The first-order valence-corrected chi connectivity index (χ1v) is 7.98. The maximum Gasteiger partial charge on any atom is 0.338 e. The second-order valence-electron chi connectivity index (χ2n) is 5.38. The van der Waals surface area contributed by atoms with Gasteiger partial charge in [0.25, 0.3) is 0 Å². The normalized spacial score (nSPS) is 11.2. The van der Waals surface area contributed by atoms with E-state index in [-0.39, 0.29) is 19.0 Å². The van der Waals surface area contributed by atoms with Crippen molar-refractivity contribution in [1.82, 2.24) is 5.32 Å². The van der Waals surface area contributed by atoms with Crippen molar-refractivity contribution < 1.29 is 19.1 Å². The van der Waals surface area contributed by atoms with Crippen LogP contribution < -0.4 is 11.1 Å². The molecule has 2 rings (SSSR count). The summed E-state index contributed by atoms with van der Waals surface area (Å²) in [4.78, 5) is 24.0. The number of rotatable bonds is 8. The number of benzene rings is 2. The summed E-state index contributed by atoms with van der Waals surface area (Å²) in [6, 6.07) is 15.5. The number of esters is 2. The average molecular weight is 379 g/mol. The zero-order valence-electron chi connectivity index (χ0n) is 14.5. The third-order valence-corrected chi connectivity index (χ3v) is 3.62. The molecule has 0 fully saturated rings. The van der Waals surface area contributed by atoms with Crippen LogP contribution in [-0.4, -0.2) is 32.1 Å². The number of halogens is 1. The first-order chi connectivity index (χ1) is 12.2. The molecule has 26 heavy (non-hydrogen) atoms. The van der Waals surface area contributed by atoms with Gasteiger partial charge in [-0.2, -0.15) is 0 Å². The number of carbonyl (C=O) groups is 2. The van der Waals surface area contributed by atoms with E-state index in [0.717, 1.165) is 5.56 Å². The SMILES string of the molecule is COC(=O)[C@H](NCCN)c1ccc(C(=O)OCc2ccccc2)cc1.Cl. The van der Waals surface area contributed by atoms with E-state index in [9.17, 15) is 9.59 Å². The second kappa shape index (κ2) is 11.3. The topological polar surface area (TPSA) is 90.6 Å². The molecule has 0 amide bonds. The monoisotopic (exact) mass is 378 g/mol. The molecule has 2 aromatic carbocycles. The van der Waals surface area contributed by atoms with Gasteiger partial charge in [-0.3, -0.25) is 5.32 Å². The number of hydrogen-bond donors (Lipinski definition) is 2. The summed E-state index contributed by atoms with van der Waals surface area (Å²) in [6.07, 6.45) is 0. The van der Waals surface area contributed by atoms with Gasteiger partial charge in [-0.15, -0.1) is 12.4 Å². The molecule has 2 aromatic rings. The lowest BCUT2D eigenvalue weighted by atomic mass is 10.0. The molecule has 0 heterocycles. The summed E-state index contributed by atoms with van der Waals surface area (Å²) >= 11 is 0. The highest BCUT2D eigenvalue weighted by molar-refractivity contribution is 5.89. The Kier molecular flexibility index (Phi) is 9.36. The maximum absolute atomic E-state index is 12.1. The number of nitrogens with two attached hydrogens (primary N) is 1. The largest absolute Gasteiger partial charge is 0.468 e. The van der Waals surface area contributed by atoms with Crippen molar-refractivity contribution in [3.8, 4) is 0 Å². The molecule has 0 bridgehead atoms. The lowest BCUT2D eigenvalue weighted by molar-refractivity contribution is -0.143. The third-order valence-electron chi connectivity index (χ3n) is 3.62. The molecule has 0 unspecified atom stereocenters. The summed E-state index contributed by atoms with van der Waals surface area (Å²) in [7, 11) is 1.33. The molecule has 1 atom stereocenters. The maximum atomic E-state index is 12.1. The fraction of sp³-hybridized carbons (Fsp3) is 0.263. The van der Waals surface area contributed by atoms with Crippen LogP contribution in [0.15, 0.2) is 54.6 Å². The molecule has 0 saturated heterocycles. The molecule has 140 valence electrons. The van der Waals surface area contributed by atoms with E-state index in [1.807, 2.05) is 30.3 Å². The predicted molar refractivity (Wildman–Crippen MR) is 101 cm³/mol. The summed E-state index contributed by atoms with van der Waals surface area (Å²) in [6.45, 7) is 1.09. The quantitative estimate of drug-likeness (QED) is 0.684. The molecule has 0 saturated carbocycles. The summed E-state index contributed by atoms with van der Waals surface area (Å²) < 4.78 is 10.1. The van der Waals surface area contributed by atoms with Crippen LogP contribution in [0.5, 0.6) is 0 Å². The molecule has 0 aliphatic carbocycles. The molecular formula is C19H23ClN2O4. The van der Waals surface area contributed by atoms with Crippen molar-refractivity contribution in [2.24, 2.45) is 5.73 Å². The Hall–Kier alpha value is -2.41. The minimum absolute atomic E-state index is 0. The van der Waals surface area contributed by atoms with Crippen LogP contribution in [0, 0.1) is 0 Å². The van der Waals surface area contributed by atoms with Crippen LogP contribution in [0.2, 0.25) is 0 Å². The predicted octanol–water partition coefficient (Wildman–Crippen LogP) is 2.23. The number of methoxy groups -OCH3 is 1. The molecule has 0 aliphatic rings. The Bertz CT molecular complexity index is 692. The van der Waals surface area contributed by atoms with Gasteiger partial charge in [0.05, 0.1) is 12.7 Å². The van der Waals surface area contributed by atoms with Crippen molar-refractivity contribution in [3.05, 3.63) is 71.3 Å². The highest BCUT2D eigenvalue weighted by atomic mass is 35.5. The van der Waals surface area contributed by atoms with Crippen molar-refractivity contribution >= 4 is 24.3 Å². The van der Waals surface area contributed by atoms with E-state index in [1.54, 1.807) is 24.3 Å². The highest BCUT2D eigenvalue weighted by Crippen LogP contribution is 2.16. The molecule has 0 aromatic heterocycles. The number of nitrogens with one attached hydrogen (secondary N) is 1. The first-order valence-electron chi connectivity index (χ1n) is 7.98. The minimum atomic E-state index is -0.622. The summed E-state index contributed by atoms with van der Waals surface area (Å²) in [5, 5.41) is 3.02. The lowest BCUT2D eigenvalue weighted by Gasteiger charge is -2.16. The molecule has 0 aliphatic heterocycles.